The molecule has 0 saturated heterocycles. The van der Waals surface area contributed by atoms with E-state index in [4.69, 9.17) is 10.8 Å². The van der Waals surface area contributed by atoms with E-state index >= 15 is 0 Å². The highest BCUT2D eigenvalue weighted by atomic mass is 16.2. The highest BCUT2D eigenvalue weighted by molar-refractivity contribution is 6.21. The van der Waals surface area contributed by atoms with Crippen LogP contribution in [0.3, 0.4) is 0 Å². The molecule has 0 aliphatic rings. The first-order valence-electron chi connectivity index (χ1n) is 3.19. The SMILES string of the molecule is CN([B]O)CCCCN. The number of rotatable bonds is 5. The lowest BCUT2D eigenvalue weighted by atomic mass is 10.2. The first-order chi connectivity index (χ1) is 4.31. The minimum absolute atomic E-state index is 0.735. The van der Waals surface area contributed by atoms with Crippen molar-refractivity contribution in [3.05, 3.63) is 0 Å². The fourth-order valence-electron chi connectivity index (χ4n) is 0.563. The zero-order valence-corrected chi connectivity index (χ0v) is 5.88. The van der Waals surface area contributed by atoms with Crippen molar-refractivity contribution in [2.24, 2.45) is 5.73 Å². The maximum atomic E-state index is 8.40. The Morgan fingerprint density at radius 1 is 1.56 bits per heavy atom. The van der Waals surface area contributed by atoms with Gasteiger partial charge in [-0.25, -0.2) is 0 Å². The van der Waals surface area contributed by atoms with Gasteiger partial charge in [0.2, 0.25) is 0 Å². The van der Waals surface area contributed by atoms with E-state index in [0.717, 1.165) is 33.5 Å². The lowest BCUT2D eigenvalue weighted by Gasteiger charge is -2.09. The van der Waals surface area contributed by atoms with Crippen molar-refractivity contribution in [1.29, 1.82) is 0 Å². The Bertz CT molecular complexity index is 62.9. The molecule has 0 bridgehead atoms. The lowest BCUT2D eigenvalue weighted by Crippen LogP contribution is -2.24. The Labute approximate surface area is 57.1 Å². The molecule has 0 aromatic heterocycles. The molecule has 0 aromatic rings. The molecule has 0 unspecified atom stereocenters. The van der Waals surface area contributed by atoms with Gasteiger partial charge < -0.3 is 15.6 Å². The van der Waals surface area contributed by atoms with E-state index in [1.807, 2.05) is 7.05 Å². The van der Waals surface area contributed by atoms with Crippen molar-refractivity contribution in [3.8, 4) is 0 Å². The van der Waals surface area contributed by atoms with Crippen LogP contribution in [0, 0.1) is 0 Å². The van der Waals surface area contributed by atoms with Gasteiger partial charge in [0.05, 0.1) is 0 Å². The smallest absolute Gasteiger partial charge is 0.395 e. The molecule has 0 amide bonds. The second-order valence-corrected chi connectivity index (χ2v) is 2.09. The van der Waals surface area contributed by atoms with Crippen molar-refractivity contribution in [3.63, 3.8) is 0 Å². The molecule has 4 heteroatoms. The molecule has 0 rings (SSSR count). The Morgan fingerprint density at radius 3 is 2.67 bits per heavy atom. The van der Waals surface area contributed by atoms with Gasteiger partial charge in [0.15, 0.2) is 0 Å². The lowest BCUT2D eigenvalue weighted by molar-refractivity contribution is 0.431. The summed E-state index contributed by atoms with van der Waals surface area (Å²) in [4.78, 5) is 1.73. The highest BCUT2D eigenvalue weighted by Gasteiger charge is 1.95. The number of nitrogens with two attached hydrogens (primary N) is 1. The molecule has 9 heavy (non-hydrogen) atoms. The van der Waals surface area contributed by atoms with Crippen LogP contribution in [0.15, 0.2) is 0 Å². The van der Waals surface area contributed by atoms with Gasteiger partial charge in [0.25, 0.3) is 0 Å². The van der Waals surface area contributed by atoms with E-state index in [1.165, 1.54) is 0 Å². The van der Waals surface area contributed by atoms with E-state index < -0.39 is 0 Å². The van der Waals surface area contributed by atoms with E-state index in [-0.39, 0.29) is 0 Å². The Balaban J connectivity index is 2.88. The third kappa shape index (κ3) is 5.82. The van der Waals surface area contributed by atoms with Gasteiger partial charge in [0, 0.05) is 0 Å². The molecule has 3 nitrogen and oxygen atoms in total. The molecule has 0 atom stereocenters. The van der Waals surface area contributed by atoms with Gasteiger partial charge in [-0.15, -0.1) is 0 Å². The number of unbranched alkanes of at least 4 members (excludes halogenated alkanes) is 1. The normalized spacial score (nSPS) is 10.2. The third-order valence-corrected chi connectivity index (χ3v) is 1.16. The second-order valence-electron chi connectivity index (χ2n) is 2.09. The fourth-order valence-corrected chi connectivity index (χ4v) is 0.563. The highest BCUT2D eigenvalue weighted by Crippen LogP contribution is 1.87. The predicted octanol–water partition coefficient (Wildman–Crippen LogP) is -0.816. The average Bonchev–Trinajstić information content (AvgIpc) is 1.89. The zero-order valence-electron chi connectivity index (χ0n) is 5.88. The summed E-state index contributed by atoms with van der Waals surface area (Å²) in [5.74, 6) is 0. The van der Waals surface area contributed by atoms with E-state index in [0.29, 0.717) is 0 Å². The van der Waals surface area contributed by atoms with Crippen molar-refractivity contribution in [2.45, 2.75) is 12.8 Å². The van der Waals surface area contributed by atoms with Crippen molar-refractivity contribution >= 4 is 7.62 Å². The predicted molar refractivity (Wildman–Crippen MR) is 38.9 cm³/mol. The van der Waals surface area contributed by atoms with Gasteiger partial charge in [-0.3, -0.25) is 0 Å². The molecule has 0 aliphatic carbocycles. The minimum atomic E-state index is 0.735. The summed E-state index contributed by atoms with van der Waals surface area (Å²) >= 11 is 0. The molecule has 1 radical (unpaired) electrons. The molecule has 0 aromatic carbocycles. The Kier molecular flexibility index (Phi) is 6.03. The molecule has 0 heterocycles. The molecule has 0 aliphatic heterocycles. The van der Waals surface area contributed by atoms with Crippen molar-refractivity contribution in [1.82, 2.24) is 4.81 Å². The van der Waals surface area contributed by atoms with E-state index in [9.17, 15) is 0 Å². The largest absolute Gasteiger partial charge is 0.440 e. The maximum absolute atomic E-state index is 8.40. The Hall–Kier alpha value is -0.0551. The summed E-state index contributed by atoms with van der Waals surface area (Å²) in [6.07, 6.45) is 2.07. The molecule has 3 N–H and O–H groups in total. The molecule has 0 saturated carbocycles. The van der Waals surface area contributed by atoms with Gasteiger partial charge in [0.1, 0.15) is 0 Å². The fraction of sp³-hybridized carbons (Fsp3) is 1.00. The summed E-state index contributed by atoms with van der Waals surface area (Å²) in [5.41, 5.74) is 5.26. The van der Waals surface area contributed by atoms with Crippen LogP contribution in [0.25, 0.3) is 0 Å². The summed E-state index contributed by atoms with van der Waals surface area (Å²) in [5, 5.41) is 8.40. The minimum Gasteiger partial charge on any atom is -0.440 e. The van der Waals surface area contributed by atoms with Crippen LogP contribution in [0.5, 0.6) is 0 Å². The number of nitrogens with zero attached hydrogens (tertiary/aromatic N) is 1. The quantitative estimate of drug-likeness (QED) is 0.376. The summed E-state index contributed by atoms with van der Waals surface area (Å²) in [6.45, 7) is 1.62. The average molecular weight is 129 g/mol. The summed E-state index contributed by atoms with van der Waals surface area (Å²) in [7, 11) is 2.91. The molecule has 0 fully saturated rings. The van der Waals surface area contributed by atoms with Gasteiger partial charge >= 0.3 is 7.62 Å². The molecular weight excluding hydrogens is 115 g/mol. The molecule has 0 spiro atoms. The van der Waals surface area contributed by atoms with Crippen LogP contribution in [0.1, 0.15) is 12.8 Å². The molecular formula is C5H14BN2O. The van der Waals surface area contributed by atoms with Crippen LogP contribution < -0.4 is 5.73 Å². The number of hydrogen-bond acceptors (Lipinski definition) is 3. The van der Waals surface area contributed by atoms with Gasteiger partial charge in [-0.1, -0.05) is 0 Å². The first-order valence-corrected chi connectivity index (χ1v) is 3.19. The second kappa shape index (κ2) is 6.07. The zero-order chi connectivity index (χ0) is 7.11. The summed E-state index contributed by atoms with van der Waals surface area (Å²) in [6, 6.07) is 0. The third-order valence-electron chi connectivity index (χ3n) is 1.16. The van der Waals surface area contributed by atoms with Gasteiger partial charge in [-0.2, -0.15) is 0 Å². The van der Waals surface area contributed by atoms with Crippen LogP contribution >= 0.6 is 0 Å². The maximum Gasteiger partial charge on any atom is 0.395 e. The van der Waals surface area contributed by atoms with Gasteiger partial charge in [-0.05, 0) is 33.0 Å². The standard InChI is InChI=1S/C5H14BN2O/c1-8(6-9)5-3-2-4-7/h9H,2-5,7H2,1H3. The Morgan fingerprint density at radius 2 is 2.22 bits per heavy atom. The first kappa shape index (κ1) is 8.94. The van der Waals surface area contributed by atoms with Crippen LogP contribution in [0.2, 0.25) is 0 Å². The van der Waals surface area contributed by atoms with Crippen molar-refractivity contribution < 1.29 is 5.02 Å². The number of hydrogen-bond donors (Lipinski definition) is 2. The summed E-state index contributed by atoms with van der Waals surface area (Å²) < 4.78 is 0. The van der Waals surface area contributed by atoms with E-state index in [1.54, 1.807) is 4.81 Å². The topological polar surface area (TPSA) is 49.5 Å². The van der Waals surface area contributed by atoms with Crippen LogP contribution in [-0.4, -0.2) is 37.6 Å². The monoisotopic (exact) mass is 129 g/mol. The van der Waals surface area contributed by atoms with Crippen molar-refractivity contribution in [2.75, 3.05) is 20.1 Å². The van der Waals surface area contributed by atoms with Crippen LogP contribution in [0.4, 0.5) is 0 Å². The van der Waals surface area contributed by atoms with E-state index in [2.05, 4.69) is 0 Å². The van der Waals surface area contributed by atoms with Crippen LogP contribution in [-0.2, 0) is 0 Å². The molecule has 53 valence electrons.